The second kappa shape index (κ2) is 6.49. The molecule has 0 saturated carbocycles. The molecule has 1 aliphatic rings. The van der Waals surface area contributed by atoms with Crippen LogP contribution >= 0.6 is 0 Å². The van der Waals surface area contributed by atoms with Crippen molar-refractivity contribution in [2.75, 3.05) is 13.1 Å². The van der Waals surface area contributed by atoms with Crippen LogP contribution in [-0.2, 0) is 13.1 Å². The second-order valence-electron chi connectivity index (χ2n) is 7.49. The average molecular weight is 292 g/mol. The van der Waals surface area contributed by atoms with E-state index in [1.807, 2.05) is 0 Å². The molecule has 1 N–H and O–H groups in total. The van der Waals surface area contributed by atoms with Gasteiger partial charge in [0.15, 0.2) is 0 Å². The predicted molar refractivity (Wildman–Crippen MR) is 88.4 cm³/mol. The SMILES string of the molecule is CCn1nc(C)cc1CN1CC(CC(C)C)NCC1(C)C. The van der Waals surface area contributed by atoms with Gasteiger partial charge in [-0.2, -0.15) is 5.10 Å². The highest BCUT2D eigenvalue weighted by atomic mass is 15.3. The smallest absolute Gasteiger partial charge is 0.0597 e. The van der Waals surface area contributed by atoms with Crippen molar-refractivity contribution in [3.05, 3.63) is 17.5 Å². The Morgan fingerprint density at radius 3 is 2.76 bits per heavy atom. The maximum Gasteiger partial charge on any atom is 0.0597 e. The molecule has 1 aromatic heterocycles. The predicted octanol–water partition coefficient (Wildman–Crippen LogP) is 2.81. The van der Waals surface area contributed by atoms with Crippen LogP contribution in [0.1, 0.15) is 52.4 Å². The Bertz CT molecular complexity index is 461. The number of piperazine rings is 1. The molecule has 0 bridgehead atoms. The van der Waals surface area contributed by atoms with Gasteiger partial charge >= 0.3 is 0 Å². The molecule has 2 rings (SSSR count). The Morgan fingerprint density at radius 1 is 1.43 bits per heavy atom. The molecule has 21 heavy (non-hydrogen) atoms. The molecule has 1 fully saturated rings. The zero-order chi connectivity index (χ0) is 15.6. The molecule has 0 amide bonds. The molecule has 2 heterocycles. The fourth-order valence-electron chi connectivity index (χ4n) is 3.28. The molecular weight excluding hydrogens is 260 g/mol. The molecule has 4 nitrogen and oxygen atoms in total. The third-order valence-corrected chi connectivity index (χ3v) is 4.51. The molecule has 0 aliphatic carbocycles. The summed E-state index contributed by atoms with van der Waals surface area (Å²) in [5, 5.41) is 8.31. The Balaban J connectivity index is 2.10. The first-order valence-corrected chi connectivity index (χ1v) is 8.33. The van der Waals surface area contributed by atoms with Gasteiger partial charge in [0.05, 0.1) is 11.4 Å². The molecule has 1 aliphatic heterocycles. The van der Waals surface area contributed by atoms with Crippen LogP contribution in [0.4, 0.5) is 0 Å². The Labute approximate surface area is 129 Å². The zero-order valence-corrected chi connectivity index (χ0v) is 14.6. The van der Waals surface area contributed by atoms with Crippen LogP contribution in [0, 0.1) is 12.8 Å². The van der Waals surface area contributed by atoms with Crippen molar-refractivity contribution in [1.82, 2.24) is 20.0 Å². The van der Waals surface area contributed by atoms with Crippen molar-refractivity contribution in [3.63, 3.8) is 0 Å². The zero-order valence-electron chi connectivity index (χ0n) is 14.6. The first-order valence-electron chi connectivity index (χ1n) is 8.33. The summed E-state index contributed by atoms with van der Waals surface area (Å²) in [4.78, 5) is 2.62. The fourth-order valence-corrected chi connectivity index (χ4v) is 3.28. The molecule has 1 atom stereocenters. The Kier molecular flexibility index (Phi) is 5.10. The van der Waals surface area contributed by atoms with Crippen LogP contribution in [0.5, 0.6) is 0 Å². The molecule has 1 saturated heterocycles. The molecule has 0 radical (unpaired) electrons. The summed E-state index contributed by atoms with van der Waals surface area (Å²) in [6, 6.07) is 2.84. The van der Waals surface area contributed by atoms with Crippen molar-refractivity contribution in [3.8, 4) is 0 Å². The molecular formula is C17H32N4. The summed E-state index contributed by atoms with van der Waals surface area (Å²) in [7, 11) is 0. The Hall–Kier alpha value is -0.870. The van der Waals surface area contributed by atoms with Crippen molar-refractivity contribution in [2.45, 2.75) is 72.6 Å². The highest BCUT2D eigenvalue weighted by molar-refractivity contribution is 5.10. The van der Waals surface area contributed by atoms with E-state index in [0.717, 1.165) is 37.8 Å². The van der Waals surface area contributed by atoms with Gasteiger partial charge in [-0.05, 0) is 46.1 Å². The lowest BCUT2D eigenvalue weighted by molar-refractivity contribution is 0.0512. The number of nitrogens with one attached hydrogen (secondary N) is 1. The lowest BCUT2D eigenvalue weighted by Gasteiger charge is -2.46. The number of hydrogen-bond donors (Lipinski definition) is 1. The van der Waals surface area contributed by atoms with Gasteiger partial charge in [-0.25, -0.2) is 0 Å². The molecule has 4 heteroatoms. The van der Waals surface area contributed by atoms with E-state index >= 15 is 0 Å². The minimum absolute atomic E-state index is 0.199. The van der Waals surface area contributed by atoms with E-state index in [2.05, 4.69) is 67.6 Å². The molecule has 0 spiro atoms. The van der Waals surface area contributed by atoms with Gasteiger partial charge in [-0.1, -0.05) is 13.8 Å². The molecule has 120 valence electrons. The van der Waals surface area contributed by atoms with Gasteiger partial charge in [0.25, 0.3) is 0 Å². The summed E-state index contributed by atoms with van der Waals surface area (Å²) >= 11 is 0. The van der Waals surface area contributed by atoms with E-state index in [1.54, 1.807) is 0 Å². The van der Waals surface area contributed by atoms with Crippen molar-refractivity contribution < 1.29 is 0 Å². The summed E-state index contributed by atoms with van der Waals surface area (Å²) in [6.07, 6.45) is 1.25. The van der Waals surface area contributed by atoms with Crippen molar-refractivity contribution in [2.24, 2.45) is 5.92 Å². The molecule has 1 unspecified atom stereocenters. The average Bonchev–Trinajstić information content (AvgIpc) is 2.73. The monoisotopic (exact) mass is 292 g/mol. The van der Waals surface area contributed by atoms with Gasteiger partial charge in [0, 0.05) is 37.8 Å². The van der Waals surface area contributed by atoms with E-state index in [4.69, 9.17) is 0 Å². The van der Waals surface area contributed by atoms with E-state index in [9.17, 15) is 0 Å². The number of rotatable bonds is 5. The largest absolute Gasteiger partial charge is 0.311 e. The summed E-state index contributed by atoms with van der Waals surface area (Å²) < 4.78 is 2.14. The minimum Gasteiger partial charge on any atom is -0.311 e. The van der Waals surface area contributed by atoms with Crippen LogP contribution in [0.2, 0.25) is 0 Å². The standard InChI is InChI=1S/C17H32N4/c1-7-21-16(9-14(4)19-21)11-20-10-15(8-13(2)3)18-12-17(20,5)6/h9,13,15,18H,7-8,10-12H2,1-6H3. The van der Waals surface area contributed by atoms with E-state index < -0.39 is 0 Å². The fraction of sp³-hybridized carbons (Fsp3) is 0.824. The first kappa shape index (κ1) is 16.5. The third-order valence-electron chi connectivity index (χ3n) is 4.51. The van der Waals surface area contributed by atoms with E-state index in [0.29, 0.717) is 6.04 Å². The van der Waals surface area contributed by atoms with Crippen LogP contribution in [-0.4, -0.2) is 39.4 Å². The van der Waals surface area contributed by atoms with Crippen LogP contribution in [0.25, 0.3) is 0 Å². The highest BCUT2D eigenvalue weighted by Crippen LogP contribution is 2.23. The van der Waals surface area contributed by atoms with Crippen LogP contribution in [0.15, 0.2) is 6.07 Å². The summed E-state index contributed by atoms with van der Waals surface area (Å²) in [5.74, 6) is 0.744. The van der Waals surface area contributed by atoms with Gasteiger partial charge in [0.2, 0.25) is 0 Å². The quantitative estimate of drug-likeness (QED) is 0.906. The number of nitrogens with zero attached hydrogens (tertiary/aromatic N) is 3. The number of aryl methyl sites for hydroxylation is 2. The lowest BCUT2D eigenvalue weighted by Crippen LogP contribution is -2.61. The maximum atomic E-state index is 4.58. The van der Waals surface area contributed by atoms with Gasteiger partial charge in [-0.15, -0.1) is 0 Å². The minimum atomic E-state index is 0.199. The summed E-state index contributed by atoms with van der Waals surface area (Å²) in [6.45, 7) is 17.7. The van der Waals surface area contributed by atoms with Crippen LogP contribution < -0.4 is 5.32 Å². The van der Waals surface area contributed by atoms with Crippen molar-refractivity contribution in [1.29, 1.82) is 0 Å². The lowest BCUT2D eigenvalue weighted by atomic mass is 9.93. The number of aromatic nitrogens is 2. The molecule has 1 aromatic rings. The van der Waals surface area contributed by atoms with Gasteiger partial charge in [0.1, 0.15) is 0 Å². The molecule has 0 aromatic carbocycles. The Morgan fingerprint density at radius 2 is 2.14 bits per heavy atom. The van der Waals surface area contributed by atoms with Gasteiger partial charge in [-0.3, -0.25) is 9.58 Å². The first-order chi connectivity index (χ1) is 9.81. The van der Waals surface area contributed by atoms with Crippen molar-refractivity contribution >= 4 is 0 Å². The normalized spacial score (nSPS) is 22.9. The van der Waals surface area contributed by atoms with E-state index in [-0.39, 0.29) is 5.54 Å². The maximum absolute atomic E-state index is 4.58. The summed E-state index contributed by atoms with van der Waals surface area (Å²) in [5.41, 5.74) is 2.66. The third kappa shape index (κ3) is 4.07. The van der Waals surface area contributed by atoms with Crippen LogP contribution in [0.3, 0.4) is 0 Å². The van der Waals surface area contributed by atoms with Gasteiger partial charge < -0.3 is 5.32 Å². The topological polar surface area (TPSA) is 33.1 Å². The number of hydrogen-bond acceptors (Lipinski definition) is 3. The highest BCUT2D eigenvalue weighted by Gasteiger charge is 2.34. The second-order valence-corrected chi connectivity index (χ2v) is 7.49. The van der Waals surface area contributed by atoms with E-state index in [1.165, 1.54) is 12.1 Å².